The highest BCUT2D eigenvalue weighted by Gasteiger charge is 2.26. The van der Waals surface area contributed by atoms with Crippen LogP contribution in [0, 0.1) is 5.41 Å². The van der Waals surface area contributed by atoms with E-state index in [1.165, 1.54) is 17.7 Å². The fraction of sp³-hybridized carbons (Fsp3) is 0.409. The molecule has 0 fully saturated rings. The van der Waals surface area contributed by atoms with Gasteiger partial charge in [-0.2, -0.15) is 0 Å². The number of anilines is 1. The van der Waals surface area contributed by atoms with Crippen molar-refractivity contribution in [1.29, 1.82) is 0 Å². The van der Waals surface area contributed by atoms with Gasteiger partial charge in [0.2, 0.25) is 0 Å². The molecule has 0 spiro atoms. The number of methoxy groups -OCH3 is 1. The highest BCUT2D eigenvalue weighted by Crippen LogP contribution is 2.41. The second kappa shape index (κ2) is 8.10. The monoisotopic (exact) mass is 385 g/mol. The summed E-state index contributed by atoms with van der Waals surface area (Å²) in [5.41, 5.74) is 2.07. The summed E-state index contributed by atoms with van der Waals surface area (Å²) in [6, 6.07) is 10.9. The fourth-order valence-electron chi connectivity index (χ4n) is 3.53. The number of hydrogen-bond donors (Lipinski definition) is 3. The van der Waals surface area contributed by atoms with Crippen LogP contribution in [0.5, 0.6) is 17.2 Å². The molecule has 6 heteroatoms. The quantitative estimate of drug-likeness (QED) is 0.674. The lowest BCUT2D eigenvalue weighted by Crippen LogP contribution is -2.26. The molecule has 1 unspecified atom stereocenters. The predicted octanol–water partition coefficient (Wildman–Crippen LogP) is 3.81. The highest BCUT2D eigenvalue weighted by molar-refractivity contribution is 5.96. The van der Waals surface area contributed by atoms with Crippen LogP contribution >= 0.6 is 0 Å². The Bertz CT molecular complexity index is 845. The van der Waals surface area contributed by atoms with Gasteiger partial charge in [-0.15, -0.1) is 0 Å². The molecule has 150 valence electrons. The summed E-state index contributed by atoms with van der Waals surface area (Å²) in [6.45, 7) is 4.23. The molecule has 28 heavy (non-hydrogen) atoms. The second-order valence-corrected chi connectivity index (χ2v) is 7.99. The third-order valence-corrected chi connectivity index (χ3v) is 5.02. The average Bonchev–Trinajstić information content (AvgIpc) is 2.65. The molecule has 0 aliphatic carbocycles. The topological polar surface area (TPSA) is 88.0 Å². The van der Waals surface area contributed by atoms with Crippen LogP contribution in [-0.4, -0.2) is 29.8 Å². The Labute approximate surface area is 165 Å². The van der Waals surface area contributed by atoms with Crippen LogP contribution in [0.1, 0.15) is 43.9 Å². The number of phenolic OH excluding ortho intramolecular Hbond substituents is 1. The minimum absolute atomic E-state index is 0.0175. The number of ether oxygens (including phenoxy) is 2. The molecule has 1 aliphatic rings. The van der Waals surface area contributed by atoms with Crippen molar-refractivity contribution < 1.29 is 24.5 Å². The summed E-state index contributed by atoms with van der Waals surface area (Å²) in [5.74, 6) is 0.964. The van der Waals surface area contributed by atoms with Crippen molar-refractivity contribution in [1.82, 2.24) is 0 Å². The summed E-state index contributed by atoms with van der Waals surface area (Å²) in [6.07, 6.45) is 1.35. The van der Waals surface area contributed by atoms with E-state index in [4.69, 9.17) is 9.47 Å². The van der Waals surface area contributed by atoms with Gasteiger partial charge in [-0.25, -0.2) is 0 Å². The van der Waals surface area contributed by atoms with Crippen LogP contribution in [0.15, 0.2) is 36.4 Å². The molecule has 3 rings (SSSR count). The molecule has 6 nitrogen and oxygen atoms in total. The largest absolute Gasteiger partial charge is 0.508 e. The number of phenols is 1. The first-order valence-electron chi connectivity index (χ1n) is 9.38. The first-order chi connectivity index (χ1) is 13.3. The number of benzene rings is 2. The molecular formula is C22H27NO5. The second-order valence-electron chi connectivity index (χ2n) is 7.99. The summed E-state index contributed by atoms with van der Waals surface area (Å²) >= 11 is 0. The van der Waals surface area contributed by atoms with Gasteiger partial charge in [0.15, 0.2) is 6.61 Å². The van der Waals surface area contributed by atoms with Gasteiger partial charge in [-0.1, -0.05) is 26.0 Å². The Morgan fingerprint density at radius 1 is 1.25 bits per heavy atom. The minimum Gasteiger partial charge on any atom is -0.508 e. The van der Waals surface area contributed by atoms with E-state index in [9.17, 15) is 15.0 Å². The smallest absolute Gasteiger partial charge is 0.262 e. The van der Waals surface area contributed by atoms with E-state index < -0.39 is 6.10 Å². The van der Waals surface area contributed by atoms with Crippen molar-refractivity contribution in [3.05, 3.63) is 47.5 Å². The number of carbonyl (C=O) groups excluding carboxylic acids is 1. The molecule has 0 radical (unpaired) electrons. The Kier molecular flexibility index (Phi) is 5.79. The fourth-order valence-corrected chi connectivity index (χ4v) is 3.53. The van der Waals surface area contributed by atoms with E-state index in [-0.39, 0.29) is 23.7 Å². The third-order valence-electron chi connectivity index (χ3n) is 5.02. The highest BCUT2D eigenvalue weighted by atomic mass is 16.5. The summed E-state index contributed by atoms with van der Waals surface area (Å²) in [5, 5.41) is 23.4. The molecule has 0 aromatic heterocycles. The van der Waals surface area contributed by atoms with Gasteiger partial charge in [0, 0.05) is 11.6 Å². The van der Waals surface area contributed by atoms with E-state index in [0.717, 1.165) is 18.6 Å². The molecule has 3 N–H and O–H groups in total. The number of aliphatic hydroxyl groups is 1. The van der Waals surface area contributed by atoms with Gasteiger partial charge in [-0.3, -0.25) is 4.79 Å². The lowest BCUT2D eigenvalue weighted by molar-refractivity contribution is -0.118. The van der Waals surface area contributed by atoms with Gasteiger partial charge in [0.25, 0.3) is 5.91 Å². The third kappa shape index (κ3) is 4.75. The van der Waals surface area contributed by atoms with Crippen LogP contribution in [0.3, 0.4) is 0 Å². The number of hydrogen-bond acceptors (Lipinski definition) is 5. The molecule has 0 saturated carbocycles. The molecule has 1 aliphatic heterocycles. The van der Waals surface area contributed by atoms with E-state index in [1.54, 1.807) is 7.11 Å². The number of carbonyl (C=O) groups is 1. The van der Waals surface area contributed by atoms with Crippen LogP contribution in [0.25, 0.3) is 0 Å². The van der Waals surface area contributed by atoms with Crippen LogP contribution in [0.2, 0.25) is 0 Å². The Hall–Kier alpha value is -2.73. The minimum atomic E-state index is -0.800. The van der Waals surface area contributed by atoms with Crippen molar-refractivity contribution in [2.24, 2.45) is 5.41 Å². The van der Waals surface area contributed by atoms with Gasteiger partial charge >= 0.3 is 0 Å². The van der Waals surface area contributed by atoms with Gasteiger partial charge in [-0.05, 0) is 48.4 Å². The number of rotatable bonds is 7. The number of aliphatic hydroxyl groups excluding tert-OH is 1. The van der Waals surface area contributed by atoms with Gasteiger partial charge in [0.1, 0.15) is 17.2 Å². The lowest BCUT2D eigenvalue weighted by atomic mass is 9.80. The zero-order valence-electron chi connectivity index (χ0n) is 16.5. The van der Waals surface area contributed by atoms with Crippen molar-refractivity contribution in [3.63, 3.8) is 0 Å². The molecule has 1 amide bonds. The van der Waals surface area contributed by atoms with E-state index in [1.807, 2.05) is 12.1 Å². The predicted molar refractivity (Wildman–Crippen MR) is 107 cm³/mol. The molecule has 2 aromatic carbocycles. The van der Waals surface area contributed by atoms with E-state index >= 15 is 0 Å². The first kappa shape index (κ1) is 20.0. The Balaban J connectivity index is 1.67. The van der Waals surface area contributed by atoms with Crippen LogP contribution in [0.4, 0.5) is 5.69 Å². The lowest BCUT2D eigenvalue weighted by Gasteiger charge is -2.28. The molecule has 1 atom stereocenters. The molecule has 2 aromatic rings. The zero-order chi connectivity index (χ0) is 20.3. The van der Waals surface area contributed by atoms with Crippen LogP contribution < -0.4 is 14.8 Å². The number of fused-ring (bicyclic) bond motifs is 1. The van der Waals surface area contributed by atoms with Crippen LogP contribution in [-0.2, 0) is 11.2 Å². The molecule has 1 heterocycles. The first-order valence-corrected chi connectivity index (χ1v) is 9.38. The number of aromatic hydroxyl groups is 1. The number of amides is 1. The van der Waals surface area contributed by atoms with E-state index in [0.29, 0.717) is 23.4 Å². The molecule has 0 bridgehead atoms. The maximum Gasteiger partial charge on any atom is 0.262 e. The summed E-state index contributed by atoms with van der Waals surface area (Å²) in [7, 11) is 1.65. The molecular weight excluding hydrogens is 358 g/mol. The normalized spacial score (nSPS) is 14.6. The molecule has 0 saturated heterocycles. The Morgan fingerprint density at radius 3 is 2.64 bits per heavy atom. The maximum atomic E-state index is 11.5. The summed E-state index contributed by atoms with van der Waals surface area (Å²) in [4.78, 5) is 11.5. The SMILES string of the molecule is COc1ccc(CC(C)(C)CCC(O)c2cc(O)cc3c2OCC(=O)N3)cc1. The van der Waals surface area contributed by atoms with E-state index in [2.05, 4.69) is 31.3 Å². The van der Waals surface area contributed by atoms with Crippen molar-refractivity contribution in [2.45, 2.75) is 39.2 Å². The summed E-state index contributed by atoms with van der Waals surface area (Å²) < 4.78 is 10.7. The van der Waals surface area contributed by atoms with Gasteiger partial charge < -0.3 is 25.0 Å². The maximum absolute atomic E-state index is 11.5. The Morgan fingerprint density at radius 2 is 1.96 bits per heavy atom. The van der Waals surface area contributed by atoms with Gasteiger partial charge in [0.05, 0.1) is 18.9 Å². The number of nitrogens with one attached hydrogen (secondary N) is 1. The van der Waals surface area contributed by atoms with Crippen molar-refractivity contribution in [2.75, 3.05) is 19.0 Å². The van der Waals surface area contributed by atoms with Crippen molar-refractivity contribution in [3.8, 4) is 17.2 Å². The standard InChI is InChI=1S/C22H27NO5/c1-22(2,12-14-4-6-16(27-3)7-5-14)9-8-19(25)17-10-15(24)11-18-21(17)28-13-20(26)23-18/h4-7,10-11,19,24-25H,8-9,12-13H2,1-3H3,(H,23,26). The zero-order valence-corrected chi connectivity index (χ0v) is 16.5. The average molecular weight is 385 g/mol. The van der Waals surface area contributed by atoms with Crippen molar-refractivity contribution >= 4 is 11.6 Å².